The summed E-state index contributed by atoms with van der Waals surface area (Å²) < 4.78 is 0. The summed E-state index contributed by atoms with van der Waals surface area (Å²) >= 11 is 0. The van der Waals surface area contributed by atoms with Crippen LogP contribution in [0.3, 0.4) is 0 Å². The van der Waals surface area contributed by atoms with Crippen LogP contribution in [0.5, 0.6) is 0 Å². The monoisotopic (exact) mass is 248 g/mol. The van der Waals surface area contributed by atoms with E-state index in [1.807, 2.05) is 0 Å². The fraction of sp³-hybridized carbons (Fsp3) is 0.714. The second-order valence-corrected chi connectivity index (χ2v) is 5.16. The Hall–Kier alpha value is -1.00. The molecule has 1 unspecified atom stereocenters. The van der Waals surface area contributed by atoms with Gasteiger partial charge in [0.05, 0.1) is 0 Å². The summed E-state index contributed by atoms with van der Waals surface area (Å²) in [6, 6.07) is 2.08. The van der Waals surface area contributed by atoms with Gasteiger partial charge in [0.1, 0.15) is 5.82 Å². The number of nitrogens with one attached hydrogen (secondary N) is 1. The molecule has 0 aliphatic carbocycles. The van der Waals surface area contributed by atoms with Crippen LogP contribution in [-0.4, -0.2) is 47.6 Å². The summed E-state index contributed by atoms with van der Waals surface area (Å²) in [4.78, 5) is 11.8. The van der Waals surface area contributed by atoms with E-state index in [4.69, 9.17) is 0 Å². The van der Waals surface area contributed by atoms with Gasteiger partial charge < -0.3 is 10.2 Å². The average molecular weight is 248 g/mol. The van der Waals surface area contributed by atoms with Crippen molar-refractivity contribution in [2.24, 2.45) is 0 Å². The highest BCUT2D eigenvalue weighted by Crippen LogP contribution is 2.14. The second kappa shape index (κ2) is 6.25. The van der Waals surface area contributed by atoms with E-state index >= 15 is 0 Å². The molecule has 0 radical (unpaired) electrons. The quantitative estimate of drug-likeness (QED) is 0.873. The lowest BCUT2D eigenvalue weighted by Gasteiger charge is -2.29. The Bertz CT molecular complexity index is 385. The van der Waals surface area contributed by atoms with Crippen LogP contribution < -0.4 is 5.32 Å². The van der Waals surface area contributed by atoms with Gasteiger partial charge in [-0.15, -0.1) is 0 Å². The Labute approximate surface area is 110 Å². The van der Waals surface area contributed by atoms with Gasteiger partial charge in [-0.05, 0) is 19.4 Å². The lowest BCUT2D eigenvalue weighted by molar-refractivity contribution is 0.228. The van der Waals surface area contributed by atoms with Gasteiger partial charge in [-0.1, -0.05) is 13.8 Å². The van der Waals surface area contributed by atoms with Crippen molar-refractivity contribution in [1.29, 1.82) is 0 Å². The first-order valence-electron chi connectivity index (χ1n) is 6.96. The van der Waals surface area contributed by atoms with Gasteiger partial charge in [0.15, 0.2) is 0 Å². The minimum Gasteiger partial charge on any atom is -0.314 e. The zero-order valence-corrected chi connectivity index (χ0v) is 11.7. The molecule has 18 heavy (non-hydrogen) atoms. The Morgan fingerprint density at radius 3 is 2.72 bits per heavy atom. The van der Waals surface area contributed by atoms with E-state index in [0.29, 0.717) is 5.92 Å². The summed E-state index contributed by atoms with van der Waals surface area (Å²) in [7, 11) is 0. The van der Waals surface area contributed by atoms with Crippen LogP contribution in [0.4, 0.5) is 0 Å². The van der Waals surface area contributed by atoms with E-state index in [1.54, 1.807) is 0 Å². The highest BCUT2D eigenvalue weighted by molar-refractivity contribution is 5.12. The second-order valence-electron chi connectivity index (χ2n) is 5.16. The van der Waals surface area contributed by atoms with Gasteiger partial charge in [0, 0.05) is 50.0 Å². The number of hydrogen-bond acceptors (Lipinski definition) is 4. The minimum absolute atomic E-state index is 0.410. The Morgan fingerprint density at radius 1 is 1.33 bits per heavy atom. The van der Waals surface area contributed by atoms with Gasteiger partial charge in [0.2, 0.25) is 0 Å². The largest absolute Gasteiger partial charge is 0.314 e. The SMILES string of the molecule is CCc1cc(C)nc(C(C)CN2CCNCC2)n1. The molecule has 1 aromatic heterocycles. The van der Waals surface area contributed by atoms with E-state index in [0.717, 1.165) is 56.4 Å². The number of nitrogens with zero attached hydrogens (tertiary/aromatic N) is 3. The van der Waals surface area contributed by atoms with Gasteiger partial charge >= 0.3 is 0 Å². The lowest BCUT2D eigenvalue weighted by atomic mass is 10.1. The summed E-state index contributed by atoms with van der Waals surface area (Å²) in [5.74, 6) is 1.42. The van der Waals surface area contributed by atoms with E-state index in [-0.39, 0.29) is 0 Å². The maximum absolute atomic E-state index is 4.66. The van der Waals surface area contributed by atoms with Crippen molar-refractivity contribution in [2.75, 3.05) is 32.7 Å². The van der Waals surface area contributed by atoms with Crippen molar-refractivity contribution in [3.8, 4) is 0 Å². The summed E-state index contributed by atoms with van der Waals surface area (Å²) in [6.07, 6.45) is 0.983. The first-order chi connectivity index (χ1) is 8.69. The zero-order chi connectivity index (χ0) is 13.0. The number of aryl methyl sites for hydroxylation is 2. The van der Waals surface area contributed by atoms with Crippen LogP contribution in [-0.2, 0) is 6.42 Å². The molecule has 2 rings (SSSR count). The van der Waals surface area contributed by atoms with Gasteiger partial charge in [-0.3, -0.25) is 0 Å². The normalized spacial score (nSPS) is 18.8. The topological polar surface area (TPSA) is 41.1 Å². The maximum Gasteiger partial charge on any atom is 0.132 e. The van der Waals surface area contributed by atoms with Crippen molar-refractivity contribution >= 4 is 0 Å². The average Bonchev–Trinajstić information content (AvgIpc) is 2.39. The molecule has 1 aliphatic heterocycles. The molecule has 1 aromatic rings. The molecule has 0 spiro atoms. The van der Waals surface area contributed by atoms with Crippen LogP contribution in [0.1, 0.15) is 37.0 Å². The Kier molecular flexibility index (Phi) is 4.66. The minimum atomic E-state index is 0.410. The standard InChI is InChI=1S/C14H24N4/c1-4-13-9-12(3)16-14(17-13)11(2)10-18-7-5-15-6-8-18/h9,11,15H,4-8,10H2,1-3H3. The third kappa shape index (κ3) is 3.50. The molecule has 0 bridgehead atoms. The van der Waals surface area contributed by atoms with E-state index in [2.05, 4.69) is 47.0 Å². The van der Waals surface area contributed by atoms with E-state index in [9.17, 15) is 0 Å². The number of piperazine rings is 1. The first kappa shape index (κ1) is 13.4. The molecule has 1 atom stereocenters. The van der Waals surface area contributed by atoms with Crippen molar-refractivity contribution < 1.29 is 0 Å². The smallest absolute Gasteiger partial charge is 0.132 e. The lowest BCUT2D eigenvalue weighted by Crippen LogP contribution is -2.44. The Balaban J connectivity index is 2.02. The molecule has 2 heterocycles. The molecule has 1 saturated heterocycles. The van der Waals surface area contributed by atoms with Crippen LogP contribution in [0, 0.1) is 6.92 Å². The molecule has 0 amide bonds. The summed E-state index contributed by atoms with van der Waals surface area (Å²) in [5.41, 5.74) is 2.24. The molecule has 100 valence electrons. The molecule has 1 fully saturated rings. The van der Waals surface area contributed by atoms with Gasteiger partial charge in [0.25, 0.3) is 0 Å². The summed E-state index contributed by atoms with van der Waals surface area (Å²) in [6.45, 7) is 12.0. The fourth-order valence-electron chi connectivity index (χ4n) is 2.42. The molecule has 0 saturated carbocycles. The fourth-order valence-corrected chi connectivity index (χ4v) is 2.42. The molecule has 4 nitrogen and oxygen atoms in total. The van der Waals surface area contributed by atoms with Crippen LogP contribution >= 0.6 is 0 Å². The van der Waals surface area contributed by atoms with E-state index in [1.165, 1.54) is 0 Å². The molecule has 0 aromatic carbocycles. The maximum atomic E-state index is 4.66. The Morgan fingerprint density at radius 2 is 2.06 bits per heavy atom. The van der Waals surface area contributed by atoms with Gasteiger partial charge in [-0.25, -0.2) is 9.97 Å². The van der Waals surface area contributed by atoms with E-state index < -0.39 is 0 Å². The third-order valence-electron chi connectivity index (χ3n) is 3.47. The van der Waals surface area contributed by atoms with Crippen molar-refractivity contribution in [3.05, 3.63) is 23.3 Å². The number of rotatable bonds is 4. The van der Waals surface area contributed by atoms with Crippen molar-refractivity contribution in [3.63, 3.8) is 0 Å². The van der Waals surface area contributed by atoms with Crippen molar-refractivity contribution in [2.45, 2.75) is 33.1 Å². The molecule has 4 heteroatoms. The molecular formula is C14H24N4. The highest BCUT2D eigenvalue weighted by atomic mass is 15.2. The highest BCUT2D eigenvalue weighted by Gasteiger charge is 2.16. The predicted octanol–water partition coefficient (Wildman–Crippen LogP) is 1.36. The van der Waals surface area contributed by atoms with Crippen LogP contribution in [0.2, 0.25) is 0 Å². The number of hydrogen-bond donors (Lipinski definition) is 1. The van der Waals surface area contributed by atoms with Crippen LogP contribution in [0.15, 0.2) is 6.07 Å². The number of aromatic nitrogens is 2. The van der Waals surface area contributed by atoms with Gasteiger partial charge in [-0.2, -0.15) is 0 Å². The zero-order valence-electron chi connectivity index (χ0n) is 11.7. The van der Waals surface area contributed by atoms with Crippen molar-refractivity contribution in [1.82, 2.24) is 20.2 Å². The summed E-state index contributed by atoms with van der Waals surface area (Å²) in [5, 5.41) is 3.38. The molecule has 1 aliphatic rings. The molecule has 1 N–H and O–H groups in total. The third-order valence-corrected chi connectivity index (χ3v) is 3.47. The van der Waals surface area contributed by atoms with Crippen LogP contribution in [0.25, 0.3) is 0 Å². The molecular weight excluding hydrogens is 224 g/mol. The predicted molar refractivity (Wildman–Crippen MR) is 73.9 cm³/mol. The first-order valence-corrected chi connectivity index (χ1v) is 6.96.